The van der Waals surface area contributed by atoms with Gasteiger partial charge >= 0.3 is 0 Å². The molecule has 0 unspecified atom stereocenters. The molecule has 1 amide bonds. The van der Waals surface area contributed by atoms with Crippen LogP contribution >= 0.6 is 0 Å². The van der Waals surface area contributed by atoms with Crippen LogP contribution in [0.1, 0.15) is 53.4 Å². The summed E-state index contributed by atoms with van der Waals surface area (Å²) in [6, 6.07) is 0. The lowest BCUT2D eigenvalue weighted by atomic mass is 9.71. The van der Waals surface area contributed by atoms with Crippen molar-refractivity contribution in [3.63, 3.8) is 0 Å². The zero-order valence-electron chi connectivity index (χ0n) is 12.9. The van der Waals surface area contributed by atoms with Crippen LogP contribution in [0.2, 0.25) is 0 Å². The van der Waals surface area contributed by atoms with Gasteiger partial charge in [0, 0.05) is 13.1 Å². The molecule has 1 aliphatic carbocycles. The molecule has 4 heteroatoms. The van der Waals surface area contributed by atoms with Crippen molar-refractivity contribution < 1.29 is 9.90 Å². The van der Waals surface area contributed by atoms with Gasteiger partial charge in [0.05, 0.1) is 12.1 Å². The van der Waals surface area contributed by atoms with Crippen molar-refractivity contribution in [2.75, 3.05) is 19.6 Å². The lowest BCUT2D eigenvalue weighted by Gasteiger charge is -2.40. The lowest BCUT2D eigenvalue weighted by Crippen LogP contribution is -2.47. The molecule has 0 spiro atoms. The fourth-order valence-corrected chi connectivity index (χ4v) is 2.36. The first-order chi connectivity index (χ1) is 8.72. The molecular weight excluding hydrogens is 240 g/mol. The molecule has 0 saturated heterocycles. The van der Waals surface area contributed by atoms with Gasteiger partial charge in [0.15, 0.2) is 0 Å². The van der Waals surface area contributed by atoms with Gasteiger partial charge in [-0.15, -0.1) is 0 Å². The smallest absolute Gasteiger partial charge is 0.233 e. The van der Waals surface area contributed by atoms with Crippen LogP contribution in [-0.2, 0) is 4.79 Å². The number of aliphatic hydroxyl groups is 1. The summed E-state index contributed by atoms with van der Waals surface area (Å²) in [7, 11) is 0. The molecule has 0 radical (unpaired) electrons. The zero-order chi connectivity index (χ0) is 14.5. The Morgan fingerprint density at radius 3 is 2.32 bits per heavy atom. The van der Waals surface area contributed by atoms with Gasteiger partial charge in [-0.2, -0.15) is 0 Å². The molecule has 19 heavy (non-hydrogen) atoms. The topological polar surface area (TPSA) is 61.4 Å². The number of hydrogen-bond donors (Lipinski definition) is 3. The number of nitrogens with one attached hydrogen (secondary N) is 2. The Kier molecular flexibility index (Phi) is 5.81. The minimum Gasteiger partial charge on any atom is -0.389 e. The van der Waals surface area contributed by atoms with E-state index < -0.39 is 5.60 Å². The van der Waals surface area contributed by atoms with Crippen LogP contribution < -0.4 is 10.6 Å². The van der Waals surface area contributed by atoms with Crippen LogP contribution in [0, 0.1) is 11.3 Å². The van der Waals surface area contributed by atoms with Gasteiger partial charge in [-0.05, 0) is 37.0 Å². The number of carbonyl (C=O) groups excluding carboxylic acids is 1. The fourth-order valence-electron chi connectivity index (χ4n) is 2.36. The van der Waals surface area contributed by atoms with Crippen molar-refractivity contribution in [2.24, 2.45) is 11.3 Å². The summed E-state index contributed by atoms with van der Waals surface area (Å²) in [6.45, 7) is 10.1. The Morgan fingerprint density at radius 2 is 1.79 bits per heavy atom. The Labute approximate surface area is 117 Å². The summed E-state index contributed by atoms with van der Waals surface area (Å²) in [5.41, 5.74) is -0.283. The molecular formula is C15H30N2O2. The maximum Gasteiger partial charge on any atom is 0.233 e. The average Bonchev–Trinajstić information content (AvgIpc) is 2.31. The van der Waals surface area contributed by atoms with E-state index in [4.69, 9.17) is 0 Å². The number of rotatable bonds is 6. The Bertz CT molecular complexity index is 291. The summed E-state index contributed by atoms with van der Waals surface area (Å²) < 4.78 is 0. The predicted octanol–water partition coefficient (Wildman–Crippen LogP) is 1.68. The van der Waals surface area contributed by atoms with Gasteiger partial charge in [0.25, 0.3) is 0 Å². The van der Waals surface area contributed by atoms with Crippen molar-refractivity contribution in [3.8, 4) is 0 Å². The second kappa shape index (κ2) is 6.71. The monoisotopic (exact) mass is 270 g/mol. The largest absolute Gasteiger partial charge is 0.389 e. The van der Waals surface area contributed by atoms with Crippen molar-refractivity contribution >= 4 is 5.91 Å². The van der Waals surface area contributed by atoms with Crippen molar-refractivity contribution in [1.29, 1.82) is 0 Å². The van der Waals surface area contributed by atoms with Gasteiger partial charge in [0.1, 0.15) is 0 Å². The van der Waals surface area contributed by atoms with E-state index in [2.05, 4.69) is 38.3 Å². The van der Waals surface area contributed by atoms with E-state index in [1.165, 1.54) is 0 Å². The highest BCUT2D eigenvalue weighted by Gasteiger charge is 2.36. The molecule has 0 aliphatic heterocycles. The molecule has 4 nitrogen and oxygen atoms in total. The Morgan fingerprint density at radius 1 is 1.21 bits per heavy atom. The molecule has 0 aromatic carbocycles. The summed E-state index contributed by atoms with van der Waals surface area (Å²) >= 11 is 0. The quantitative estimate of drug-likeness (QED) is 0.688. The van der Waals surface area contributed by atoms with Crippen molar-refractivity contribution in [3.05, 3.63) is 0 Å². The highest BCUT2D eigenvalue weighted by molar-refractivity contribution is 5.77. The second-order valence-electron chi connectivity index (χ2n) is 7.19. The first-order valence-electron chi connectivity index (χ1n) is 7.42. The third-order valence-corrected chi connectivity index (χ3v) is 3.98. The summed E-state index contributed by atoms with van der Waals surface area (Å²) in [4.78, 5) is 11.5. The van der Waals surface area contributed by atoms with Crippen LogP contribution in [0.25, 0.3) is 0 Å². The highest BCUT2D eigenvalue weighted by Crippen LogP contribution is 2.39. The lowest BCUT2D eigenvalue weighted by molar-refractivity contribution is -0.120. The zero-order valence-corrected chi connectivity index (χ0v) is 12.9. The van der Waals surface area contributed by atoms with E-state index in [1.807, 2.05) is 0 Å². The van der Waals surface area contributed by atoms with E-state index in [1.54, 1.807) is 0 Å². The molecule has 3 N–H and O–H groups in total. The van der Waals surface area contributed by atoms with Crippen LogP contribution in [-0.4, -0.2) is 36.2 Å². The van der Waals surface area contributed by atoms with Crippen molar-refractivity contribution in [1.82, 2.24) is 10.6 Å². The maximum absolute atomic E-state index is 11.5. The third kappa shape index (κ3) is 6.39. The molecule has 0 heterocycles. The van der Waals surface area contributed by atoms with Crippen LogP contribution in [0.3, 0.4) is 0 Å². The Hall–Kier alpha value is -0.610. The SMILES string of the molecule is CC(C)CNC(=O)CNCC1(O)CCC(C)(C)CC1. The normalized spacial score (nSPS) is 21.4. The molecule has 1 aliphatic rings. The number of amides is 1. The van der Waals surface area contributed by atoms with Crippen LogP contribution in [0.4, 0.5) is 0 Å². The minimum atomic E-state index is -0.631. The standard InChI is InChI=1S/C15H30N2O2/c1-12(2)9-17-13(18)10-16-11-15(19)7-5-14(3,4)6-8-15/h12,16,19H,5-11H2,1-4H3,(H,17,18). The highest BCUT2D eigenvalue weighted by atomic mass is 16.3. The van der Waals surface area contributed by atoms with Gasteiger partial charge in [-0.3, -0.25) is 4.79 Å². The molecule has 0 aromatic rings. The second-order valence-corrected chi connectivity index (χ2v) is 7.19. The number of hydrogen-bond acceptors (Lipinski definition) is 3. The van der Waals surface area contributed by atoms with Crippen molar-refractivity contribution in [2.45, 2.75) is 59.0 Å². The van der Waals surface area contributed by atoms with E-state index in [0.717, 1.165) is 25.7 Å². The molecule has 1 fully saturated rings. The predicted molar refractivity (Wildman–Crippen MR) is 77.9 cm³/mol. The van der Waals surface area contributed by atoms with E-state index in [-0.39, 0.29) is 5.91 Å². The first kappa shape index (κ1) is 16.4. The molecule has 0 bridgehead atoms. The Balaban J connectivity index is 2.20. The average molecular weight is 270 g/mol. The summed E-state index contributed by atoms with van der Waals surface area (Å²) in [6.07, 6.45) is 3.73. The molecule has 0 atom stereocenters. The van der Waals surface area contributed by atoms with Gasteiger partial charge in [0.2, 0.25) is 5.91 Å². The maximum atomic E-state index is 11.5. The molecule has 1 rings (SSSR count). The third-order valence-electron chi connectivity index (χ3n) is 3.98. The van der Waals surface area contributed by atoms with E-state index in [9.17, 15) is 9.90 Å². The summed E-state index contributed by atoms with van der Waals surface area (Å²) in [5, 5.41) is 16.4. The van der Waals surface area contributed by atoms with Gasteiger partial charge in [-0.1, -0.05) is 27.7 Å². The van der Waals surface area contributed by atoms with Gasteiger partial charge in [-0.25, -0.2) is 0 Å². The van der Waals surface area contributed by atoms with Crippen LogP contribution in [0.5, 0.6) is 0 Å². The van der Waals surface area contributed by atoms with Gasteiger partial charge < -0.3 is 15.7 Å². The minimum absolute atomic E-state index is 0.00781. The summed E-state index contributed by atoms with van der Waals surface area (Å²) in [5.74, 6) is 0.474. The van der Waals surface area contributed by atoms with E-state index in [0.29, 0.717) is 31.0 Å². The molecule has 1 saturated carbocycles. The van der Waals surface area contributed by atoms with Crippen LogP contribution in [0.15, 0.2) is 0 Å². The molecule has 0 aromatic heterocycles. The number of carbonyl (C=O) groups is 1. The van der Waals surface area contributed by atoms with E-state index >= 15 is 0 Å². The first-order valence-corrected chi connectivity index (χ1v) is 7.42. The molecule has 112 valence electrons. The fraction of sp³-hybridized carbons (Fsp3) is 0.933.